The molecule has 1 nitrogen and oxygen atoms in total. The number of nitrogens with one attached hydrogen (secondary N) is 1. The highest BCUT2D eigenvalue weighted by molar-refractivity contribution is 9.10. The van der Waals surface area contributed by atoms with Crippen molar-refractivity contribution in [3.8, 4) is 0 Å². The van der Waals surface area contributed by atoms with E-state index < -0.39 is 0 Å². The third-order valence-electron chi connectivity index (χ3n) is 2.94. The molecule has 19 heavy (non-hydrogen) atoms. The highest BCUT2D eigenvalue weighted by atomic mass is 79.9. The lowest BCUT2D eigenvalue weighted by Gasteiger charge is -2.08. The van der Waals surface area contributed by atoms with Gasteiger partial charge in [-0.3, -0.25) is 0 Å². The van der Waals surface area contributed by atoms with Crippen LogP contribution in [0.2, 0.25) is 0 Å². The molecule has 0 spiro atoms. The summed E-state index contributed by atoms with van der Waals surface area (Å²) in [6, 6.07) is 13.1. The van der Waals surface area contributed by atoms with E-state index in [1.807, 2.05) is 6.07 Å². The van der Waals surface area contributed by atoms with E-state index >= 15 is 0 Å². The molecule has 0 radical (unpaired) electrons. The fourth-order valence-corrected chi connectivity index (χ4v) is 3.11. The van der Waals surface area contributed by atoms with Crippen LogP contribution in [-0.4, -0.2) is 0 Å². The van der Waals surface area contributed by atoms with Gasteiger partial charge in [-0.1, -0.05) is 15.9 Å². The summed E-state index contributed by atoms with van der Waals surface area (Å²) >= 11 is 5.16. The Labute approximate surface area is 123 Å². The number of thiophene rings is 1. The van der Waals surface area contributed by atoms with E-state index in [0.717, 1.165) is 15.7 Å². The largest absolute Gasteiger partial charge is 0.381 e. The van der Waals surface area contributed by atoms with Crippen molar-refractivity contribution in [1.29, 1.82) is 0 Å². The molecule has 0 aliphatic heterocycles. The molecule has 3 aromatic rings. The number of rotatable bonds is 3. The van der Waals surface area contributed by atoms with Crippen molar-refractivity contribution in [2.24, 2.45) is 0 Å². The summed E-state index contributed by atoms with van der Waals surface area (Å²) in [4.78, 5) is 0. The van der Waals surface area contributed by atoms with Gasteiger partial charge in [0.1, 0.15) is 5.82 Å². The second kappa shape index (κ2) is 5.31. The summed E-state index contributed by atoms with van der Waals surface area (Å²) in [5.41, 5.74) is 1.95. The van der Waals surface area contributed by atoms with Gasteiger partial charge in [-0.15, -0.1) is 11.3 Å². The molecule has 0 atom stereocenters. The van der Waals surface area contributed by atoms with Gasteiger partial charge in [-0.05, 0) is 58.8 Å². The monoisotopic (exact) mass is 335 g/mol. The highest BCUT2D eigenvalue weighted by Gasteiger charge is 2.02. The van der Waals surface area contributed by atoms with Crippen LogP contribution in [0.3, 0.4) is 0 Å². The summed E-state index contributed by atoms with van der Waals surface area (Å²) < 4.78 is 15.4. The first-order valence-electron chi connectivity index (χ1n) is 5.87. The van der Waals surface area contributed by atoms with Crippen molar-refractivity contribution in [2.45, 2.75) is 6.54 Å². The Morgan fingerprint density at radius 2 is 2.00 bits per heavy atom. The van der Waals surface area contributed by atoms with Gasteiger partial charge in [-0.25, -0.2) is 4.39 Å². The quantitative estimate of drug-likeness (QED) is 0.674. The molecule has 1 aromatic heterocycles. The van der Waals surface area contributed by atoms with Gasteiger partial charge < -0.3 is 5.32 Å². The average Bonchev–Trinajstić information content (AvgIpc) is 2.87. The molecule has 1 N–H and O–H groups in total. The second-order valence-corrected chi connectivity index (χ2v) is 6.06. The van der Waals surface area contributed by atoms with E-state index in [0.29, 0.717) is 6.54 Å². The summed E-state index contributed by atoms with van der Waals surface area (Å²) in [5.74, 6) is -0.215. The Morgan fingerprint density at radius 1 is 1.11 bits per heavy atom. The highest BCUT2D eigenvalue weighted by Crippen LogP contribution is 2.25. The van der Waals surface area contributed by atoms with Gasteiger partial charge in [0, 0.05) is 21.4 Å². The maximum atomic E-state index is 13.2. The summed E-state index contributed by atoms with van der Waals surface area (Å²) in [6.07, 6.45) is 0. The van der Waals surface area contributed by atoms with Gasteiger partial charge >= 0.3 is 0 Å². The minimum absolute atomic E-state index is 0.215. The van der Waals surface area contributed by atoms with Gasteiger partial charge in [-0.2, -0.15) is 0 Å². The zero-order valence-electron chi connectivity index (χ0n) is 9.99. The first kappa shape index (κ1) is 12.6. The van der Waals surface area contributed by atoms with E-state index in [-0.39, 0.29) is 5.82 Å². The molecule has 3 rings (SSSR count). The summed E-state index contributed by atoms with van der Waals surface area (Å²) in [5, 5.41) is 6.63. The van der Waals surface area contributed by atoms with Crippen LogP contribution in [0.25, 0.3) is 10.1 Å². The van der Waals surface area contributed by atoms with E-state index in [2.05, 4.69) is 44.8 Å². The molecule has 1 heterocycles. The molecule has 0 unspecified atom stereocenters. The standard InChI is InChI=1S/C15H11BrFNS/c16-14-3-1-12(17)7-11(14)9-18-13-2-4-15-10(8-13)5-6-19-15/h1-8,18H,9H2. The minimum Gasteiger partial charge on any atom is -0.381 e. The van der Waals surface area contributed by atoms with Crippen LogP contribution in [0.15, 0.2) is 52.3 Å². The SMILES string of the molecule is Fc1ccc(Br)c(CNc2ccc3sccc3c2)c1. The molecule has 96 valence electrons. The van der Waals surface area contributed by atoms with Crippen molar-refractivity contribution in [3.05, 3.63) is 63.7 Å². The average molecular weight is 336 g/mol. The zero-order chi connectivity index (χ0) is 13.2. The fraction of sp³-hybridized carbons (Fsp3) is 0.0667. The van der Waals surface area contributed by atoms with Crippen LogP contribution >= 0.6 is 27.3 Å². The summed E-state index contributed by atoms with van der Waals surface area (Å²) in [6.45, 7) is 0.591. The number of hydrogen-bond acceptors (Lipinski definition) is 2. The molecule has 0 amide bonds. The molecule has 0 aliphatic carbocycles. The Balaban J connectivity index is 1.79. The minimum atomic E-state index is -0.215. The molecule has 2 aromatic carbocycles. The topological polar surface area (TPSA) is 12.0 Å². The Morgan fingerprint density at radius 3 is 2.89 bits per heavy atom. The maximum absolute atomic E-state index is 13.2. The van der Waals surface area contributed by atoms with Crippen LogP contribution in [0, 0.1) is 5.82 Å². The van der Waals surface area contributed by atoms with Crippen molar-refractivity contribution in [3.63, 3.8) is 0 Å². The number of anilines is 1. The normalized spacial score (nSPS) is 10.8. The molecule has 0 saturated heterocycles. The van der Waals surface area contributed by atoms with E-state index in [4.69, 9.17) is 0 Å². The second-order valence-electron chi connectivity index (χ2n) is 4.26. The molecule has 0 bridgehead atoms. The third-order valence-corrected chi connectivity index (χ3v) is 4.61. The van der Waals surface area contributed by atoms with Crippen LogP contribution in [-0.2, 0) is 6.54 Å². The maximum Gasteiger partial charge on any atom is 0.123 e. The van der Waals surface area contributed by atoms with Crippen molar-refractivity contribution in [2.75, 3.05) is 5.32 Å². The summed E-state index contributed by atoms with van der Waals surface area (Å²) in [7, 11) is 0. The van der Waals surface area contributed by atoms with Crippen LogP contribution in [0.1, 0.15) is 5.56 Å². The van der Waals surface area contributed by atoms with Crippen molar-refractivity contribution in [1.82, 2.24) is 0 Å². The predicted octanol–water partition coefficient (Wildman–Crippen LogP) is 5.42. The third kappa shape index (κ3) is 2.80. The number of fused-ring (bicyclic) bond motifs is 1. The Bertz CT molecular complexity index is 723. The van der Waals surface area contributed by atoms with Gasteiger partial charge in [0.25, 0.3) is 0 Å². The van der Waals surface area contributed by atoms with Crippen molar-refractivity contribution >= 4 is 43.0 Å². The van der Waals surface area contributed by atoms with Crippen LogP contribution < -0.4 is 5.32 Å². The van der Waals surface area contributed by atoms with Crippen LogP contribution in [0.4, 0.5) is 10.1 Å². The van der Waals surface area contributed by atoms with Crippen molar-refractivity contribution < 1.29 is 4.39 Å². The fourth-order valence-electron chi connectivity index (χ4n) is 1.95. The number of benzene rings is 2. The number of hydrogen-bond donors (Lipinski definition) is 1. The Kier molecular flexibility index (Phi) is 3.53. The lowest BCUT2D eigenvalue weighted by Crippen LogP contribution is -2.00. The van der Waals surface area contributed by atoms with Gasteiger partial charge in [0.05, 0.1) is 0 Å². The lowest BCUT2D eigenvalue weighted by molar-refractivity contribution is 0.625. The zero-order valence-corrected chi connectivity index (χ0v) is 12.4. The molecule has 0 fully saturated rings. The lowest BCUT2D eigenvalue weighted by atomic mass is 10.2. The molecule has 0 saturated carbocycles. The van der Waals surface area contributed by atoms with E-state index in [1.165, 1.54) is 16.2 Å². The van der Waals surface area contributed by atoms with Crippen LogP contribution in [0.5, 0.6) is 0 Å². The predicted molar refractivity (Wildman–Crippen MR) is 83.3 cm³/mol. The van der Waals surface area contributed by atoms with E-state index in [1.54, 1.807) is 23.5 Å². The first-order chi connectivity index (χ1) is 9.22. The number of halogens is 2. The smallest absolute Gasteiger partial charge is 0.123 e. The molecule has 4 heteroatoms. The first-order valence-corrected chi connectivity index (χ1v) is 7.55. The van der Waals surface area contributed by atoms with E-state index in [9.17, 15) is 4.39 Å². The van der Waals surface area contributed by atoms with Gasteiger partial charge in [0.15, 0.2) is 0 Å². The van der Waals surface area contributed by atoms with Gasteiger partial charge in [0.2, 0.25) is 0 Å². The molecular weight excluding hydrogens is 325 g/mol. The molecular formula is C15H11BrFNS. The molecule has 0 aliphatic rings. The Hall–Kier alpha value is -1.39.